The molecule has 12 heteroatoms. The van der Waals surface area contributed by atoms with Crippen LogP contribution in [0.4, 0.5) is 0 Å². The SMILES string of the molecule is Cc1ccc(S(=O)(=O)c2ccc(Sc3ccc(C(=O)c4ccc(Sc5ccc(S(=O)(=O)c6ccc(-n7c(=O)n(C)c8ccccc87)cc6)cc5)cc4)cc3)cc2)cc1. The molecular formula is C46H34N2O6S4. The quantitative estimate of drug-likeness (QED) is 0.118. The standard InChI is InChI=1S/C46H34N2O6S4/c1-31-7-23-39(24-8-31)57(51,52)41-27-19-37(20-28-41)55-35-15-9-32(10-16-35)45(49)33-11-17-36(18-12-33)56-38-21-29-42(30-22-38)58(53,54)40-25-13-34(14-26-40)48-44-6-4-3-5-43(44)47(2)46(48)50/h3-30H,1-2H3. The molecule has 0 bridgehead atoms. The van der Waals surface area contributed by atoms with Gasteiger partial charge in [-0.1, -0.05) is 53.4 Å². The van der Waals surface area contributed by atoms with Crippen molar-refractivity contribution in [1.82, 2.24) is 9.13 Å². The van der Waals surface area contributed by atoms with Crippen LogP contribution in [0.5, 0.6) is 0 Å². The third-order valence-electron chi connectivity index (χ3n) is 9.67. The molecule has 0 aliphatic rings. The molecule has 0 saturated carbocycles. The Hall–Kier alpha value is -5.92. The van der Waals surface area contributed by atoms with Gasteiger partial charge in [0.2, 0.25) is 19.7 Å². The minimum absolute atomic E-state index is 0.120. The molecule has 0 spiro atoms. The summed E-state index contributed by atoms with van der Waals surface area (Å²) in [6.07, 6.45) is 0. The number of rotatable bonds is 11. The highest BCUT2D eigenvalue weighted by atomic mass is 32.2. The van der Waals surface area contributed by atoms with Crippen molar-refractivity contribution in [3.8, 4) is 5.69 Å². The fraction of sp³-hybridized carbons (Fsp3) is 0.0435. The maximum absolute atomic E-state index is 13.5. The summed E-state index contributed by atoms with van der Waals surface area (Å²) in [6, 6.07) is 48.5. The van der Waals surface area contributed by atoms with Gasteiger partial charge < -0.3 is 0 Å². The molecule has 0 amide bonds. The largest absolute Gasteiger partial charge is 0.333 e. The fourth-order valence-electron chi connectivity index (χ4n) is 6.47. The highest BCUT2D eigenvalue weighted by Crippen LogP contribution is 2.33. The molecule has 7 aromatic carbocycles. The van der Waals surface area contributed by atoms with Gasteiger partial charge in [0.25, 0.3) is 0 Å². The molecule has 0 saturated heterocycles. The number of carbonyl (C=O) groups is 1. The van der Waals surface area contributed by atoms with Crippen LogP contribution in [-0.4, -0.2) is 31.8 Å². The molecule has 58 heavy (non-hydrogen) atoms. The summed E-state index contributed by atoms with van der Waals surface area (Å²) < 4.78 is 56.2. The molecule has 1 heterocycles. The maximum Gasteiger partial charge on any atom is 0.333 e. The van der Waals surface area contributed by atoms with Gasteiger partial charge in [-0.05, 0) is 153 Å². The Morgan fingerprint density at radius 3 is 1.22 bits per heavy atom. The Kier molecular flexibility index (Phi) is 10.6. The van der Waals surface area contributed by atoms with Crippen LogP contribution in [0.3, 0.4) is 0 Å². The van der Waals surface area contributed by atoms with Crippen LogP contribution >= 0.6 is 23.5 Å². The molecule has 0 atom stereocenters. The van der Waals surface area contributed by atoms with E-state index in [0.717, 1.165) is 36.2 Å². The molecule has 0 N–H and O–H groups in total. The molecule has 288 valence electrons. The van der Waals surface area contributed by atoms with Gasteiger partial charge >= 0.3 is 5.69 Å². The van der Waals surface area contributed by atoms with E-state index in [1.165, 1.54) is 35.7 Å². The second-order valence-corrected chi connectivity index (χ2v) is 19.7. The lowest BCUT2D eigenvalue weighted by Crippen LogP contribution is -2.20. The van der Waals surface area contributed by atoms with E-state index in [0.29, 0.717) is 16.8 Å². The number of hydrogen-bond donors (Lipinski definition) is 0. The summed E-state index contributed by atoms with van der Waals surface area (Å²) in [4.78, 5) is 30.5. The van der Waals surface area contributed by atoms with Crippen LogP contribution in [0, 0.1) is 6.92 Å². The number of carbonyl (C=O) groups excluding carboxylic acids is 1. The van der Waals surface area contributed by atoms with Gasteiger partial charge in [0.05, 0.1) is 36.3 Å². The number of aromatic nitrogens is 2. The summed E-state index contributed by atoms with van der Waals surface area (Å²) in [6.45, 7) is 1.91. The van der Waals surface area contributed by atoms with Gasteiger partial charge in [0, 0.05) is 37.8 Å². The predicted octanol–water partition coefficient (Wildman–Crippen LogP) is 9.84. The average molecular weight is 839 g/mol. The summed E-state index contributed by atoms with van der Waals surface area (Å²) in [7, 11) is -5.72. The van der Waals surface area contributed by atoms with E-state index in [-0.39, 0.29) is 31.1 Å². The number of fused-ring (bicyclic) bond motifs is 1. The molecule has 0 fully saturated rings. The monoisotopic (exact) mass is 838 g/mol. The number of sulfone groups is 2. The highest BCUT2D eigenvalue weighted by molar-refractivity contribution is 7.99. The van der Waals surface area contributed by atoms with E-state index in [4.69, 9.17) is 0 Å². The first-order valence-electron chi connectivity index (χ1n) is 18.0. The molecule has 0 radical (unpaired) electrons. The van der Waals surface area contributed by atoms with E-state index >= 15 is 0 Å². The van der Waals surface area contributed by atoms with Crippen LogP contribution in [0.15, 0.2) is 214 Å². The van der Waals surface area contributed by atoms with E-state index < -0.39 is 19.7 Å². The number of hydrogen-bond acceptors (Lipinski definition) is 8. The zero-order chi connectivity index (χ0) is 40.6. The van der Waals surface area contributed by atoms with Crippen LogP contribution in [0.25, 0.3) is 16.7 Å². The van der Waals surface area contributed by atoms with Crippen molar-refractivity contribution in [2.75, 3.05) is 0 Å². The van der Waals surface area contributed by atoms with Gasteiger partial charge in [-0.15, -0.1) is 0 Å². The topological polar surface area (TPSA) is 112 Å². The number of aryl methyl sites for hydroxylation is 2. The highest BCUT2D eigenvalue weighted by Gasteiger charge is 2.20. The minimum Gasteiger partial charge on any atom is -0.295 e. The first-order chi connectivity index (χ1) is 27.9. The van der Waals surface area contributed by atoms with E-state index in [1.54, 1.807) is 125 Å². The van der Waals surface area contributed by atoms with Gasteiger partial charge in [0.1, 0.15) is 0 Å². The van der Waals surface area contributed by atoms with Crippen LogP contribution in [0.2, 0.25) is 0 Å². The number of imidazole rings is 1. The first kappa shape index (κ1) is 38.9. The van der Waals surface area contributed by atoms with Crippen molar-refractivity contribution >= 4 is 60.0 Å². The number of ketones is 1. The van der Waals surface area contributed by atoms with Crippen molar-refractivity contribution in [1.29, 1.82) is 0 Å². The van der Waals surface area contributed by atoms with Crippen LogP contribution in [0.1, 0.15) is 21.5 Å². The lowest BCUT2D eigenvalue weighted by molar-refractivity contribution is 0.103. The Morgan fingerprint density at radius 2 is 0.810 bits per heavy atom. The molecule has 0 aliphatic heterocycles. The van der Waals surface area contributed by atoms with Gasteiger partial charge in [-0.25, -0.2) is 21.6 Å². The fourth-order valence-corrected chi connectivity index (χ4v) is 10.6. The predicted molar refractivity (Wildman–Crippen MR) is 228 cm³/mol. The van der Waals surface area contributed by atoms with Gasteiger partial charge in [0.15, 0.2) is 5.78 Å². The van der Waals surface area contributed by atoms with Crippen molar-refractivity contribution in [3.63, 3.8) is 0 Å². The third kappa shape index (κ3) is 7.71. The second kappa shape index (κ2) is 15.8. The molecule has 0 unspecified atom stereocenters. The molecule has 1 aromatic heterocycles. The normalized spacial score (nSPS) is 11.8. The average Bonchev–Trinajstić information content (AvgIpc) is 3.50. The van der Waals surface area contributed by atoms with Crippen molar-refractivity contribution in [3.05, 3.63) is 197 Å². The zero-order valence-electron chi connectivity index (χ0n) is 31.1. The zero-order valence-corrected chi connectivity index (χ0v) is 34.4. The minimum atomic E-state index is -3.81. The molecular weight excluding hydrogens is 805 g/mol. The van der Waals surface area contributed by atoms with Crippen molar-refractivity contribution < 1.29 is 21.6 Å². The van der Waals surface area contributed by atoms with Crippen LogP contribution < -0.4 is 5.69 Å². The van der Waals surface area contributed by atoms with E-state index in [1.807, 2.05) is 55.5 Å². The van der Waals surface area contributed by atoms with Crippen LogP contribution in [-0.2, 0) is 26.7 Å². The summed E-state index contributed by atoms with van der Waals surface area (Å²) in [5.74, 6) is -0.120. The summed E-state index contributed by atoms with van der Waals surface area (Å²) in [5, 5.41) is 0. The van der Waals surface area contributed by atoms with Crippen molar-refractivity contribution in [2.45, 2.75) is 46.1 Å². The van der Waals surface area contributed by atoms with Crippen molar-refractivity contribution in [2.24, 2.45) is 7.05 Å². The maximum atomic E-state index is 13.5. The van der Waals surface area contributed by atoms with Gasteiger partial charge in [-0.3, -0.25) is 13.9 Å². The smallest absolute Gasteiger partial charge is 0.295 e. The number of para-hydroxylation sites is 2. The third-order valence-corrected chi connectivity index (χ3v) is 15.3. The lowest BCUT2D eigenvalue weighted by atomic mass is 10.0. The Bertz CT molecular complexity index is 3080. The first-order valence-corrected chi connectivity index (χ1v) is 22.6. The van der Waals surface area contributed by atoms with Gasteiger partial charge in [-0.2, -0.15) is 0 Å². The Morgan fingerprint density at radius 1 is 0.466 bits per heavy atom. The molecule has 8 aromatic rings. The molecule has 8 nitrogen and oxygen atoms in total. The number of benzene rings is 7. The Balaban J connectivity index is 0.883. The summed E-state index contributed by atoms with van der Waals surface area (Å²) >= 11 is 2.92. The lowest BCUT2D eigenvalue weighted by Gasteiger charge is -2.09. The van der Waals surface area contributed by atoms with E-state index in [9.17, 15) is 26.4 Å². The Labute approximate surface area is 344 Å². The molecule has 8 rings (SSSR count). The second-order valence-electron chi connectivity index (χ2n) is 13.5. The summed E-state index contributed by atoms with van der Waals surface area (Å²) in [5.41, 5.74) is 3.93. The molecule has 0 aliphatic carbocycles. The number of nitrogens with zero attached hydrogens (tertiary/aromatic N) is 2. The van der Waals surface area contributed by atoms with E-state index in [2.05, 4.69) is 0 Å².